The predicted octanol–water partition coefficient (Wildman–Crippen LogP) is 5.11. The number of carbonyl (C=O) groups excluding carboxylic acids is 1. The van der Waals surface area contributed by atoms with Crippen LogP contribution < -0.4 is 0 Å². The molecule has 128 valence electrons. The summed E-state index contributed by atoms with van der Waals surface area (Å²) in [5.41, 5.74) is 2.95. The molecule has 2 heterocycles. The number of benzene rings is 1. The number of carbonyl (C=O) groups is 1. The van der Waals surface area contributed by atoms with E-state index < -0.39 is 0 Å². The van der Waals surface area contributed by atoms with Crippen LogP contribution in [0.3, 0.4) is 0 Å². The maximum atomic E-state index is 12.2. The molecule has 0 aliphatic rings. The minimum Gasteiger partial charge on any atom is -0.442 e. The van der Waals surface area contributed by atoms with Gasteiger partial charge in [0.25, 0.3) is 5.89 Å². The molecule has 2 aromatic heterocycles. The molecule has 0 saturated heterocycles. The first kappa shape index (κ1) is 17.1. The molecule has 0 amide bonds. The van der Waals surface area contributed by atoms with Crippen LogP contribution >= 0.6 is 0 Å². The zero-order valence-electron chi connectivity index (χ0n) is 14.2. The van der Waals surface area contributed by atoms with E-state index in [2.05, 4.69) is 34.2 Å². The Labute approximate surface area is 147 Å². The summed E-state index contributed by atoms with van der Waals surface area (Å²) in [6, 6.07) is 14.2. The van der Waals surface area contributed by atoms with Crippen molar-refractivity contribution in [2.75, 3.05) is 0 Å². The fourth-order valence-corrected chi connectivity index (χ4v) is 2.78. The number of aromatic nitrogens is 2. The van der Waals surface area contributed by atoms with Gasteiger partial charge in [0.1, 0.15) is 12.0 Å². The van der Waals surface area contributed by atoms with Crippen LogP contribution in [0.2, 0.25) is 0 Å². The van der Waals surface area contributed by atoms with Gasteiger partial charge in [-0.1, -0.05) is 43.2 Å². The van der Waals surface area contributed by atoms with Gasteiger partial charge in [0.15, 0.2) is 0 Å². The number of nitrogens with zero attached hydrogens (tertiary/aromatic N) is 2. The molecule has 0 unspecified atom stereocenters. The van der Waals surface area contributed by atoms with Crippen LogP contribution in [0.5, 0.6) is 0 Å². The molecule has 0 spiro atoms. The van der Waals surface area contributed by atoms with E-state index in [9.17, 15) is 4.79 Å². The van der Waals surface area contributed by atoms with E-state index in [-0.39, 0.29) is 11.7 Å². The highest BCUT2D eigenvalue weighted by Crippen LogP contribution is 2.18. The standard InChI is InChI=1S/C21H22N2O2/c24-20(11-7-2-1-4-8-17-9-5-3-6-10-17)21-23-19(16-25-21)18-12-14-22-15-13-18/h3,5-6,9-10,12-16H,1-2,4,7-8,11H2. The van der Waals surface area contributed by atoms with E-state index in [1.165, 1.54) is 11.8 Å². The first-order chi connectivity index (χ1) is 12.3. The summed E-state index contributed by atoms with van der Waals surface area (Å²) in [7, 11) is 0. The molecule has 1 aromatic carbocycles. The Balaban J connectivity index is 1.37. The molecule has 3 rings (SSSR count). The average molecular weight is 334 g/mol. The minimum absolute atomic E-state index is 0.0247. The Morgan fingerprint density at radius 2 is 1.68 bits per heavy atom. The number of ketones is 1. The van der Waals surface area contributed by atoms with Gasteiger partial charge in [-0.2, -0.15) is 0 Å². The van der Waals surface area contributed by atoms with E-state index in [0.717, 1.165) is 37.7 Å². The van der Waals surface area contributed by atoms with E-state index in [0.29, 0.717) is 12.1 Å². The molecule has 25 heavy (non-hydrogen) atoms. The number of hydrogen-bond donors (Lipinski definition) is 0. The summed E-state index contributed by atoms with van der Waals surface area (Å²) >= 11 is 0. The summed E-state index contributed by atoms with van der Waals surface area (Å²) in [6.07, 6.45) is 10.7. The van der Waals surface area contributed by atoms with Gasteiger partial charge in [-0.3, -0.25) is 9.78 Å². The zero-order valence-corrected chi connectivity index (χ0v) is 14.2. The van der Waals surface area contributed by atoms with Crippen molar-refractivity contribution >= 4 is 5.78 Å². The topological polar surface area (TPSA) is 56.0 Å². The monoisotopic (exact) mass is 334 g/mol. The van der Waals surface area contributed by atoms with Crippen LogP contribution in [0.1, 0.15) is 48.4 Å². The lowest BCUT2D eigenvalue weighted by Crippen LogP contribution is -1.99. The molecule has 0 atom stereocenters. The highest BCUT2D eigenvalue weighted by atomic mass is 16.3. The molecule has 4 heteroatoms. The van der Waals surface area contributed by atoms with Crippen molar-refractivity contribution in [3.8, 4) is 11.3 Å². The number of Topliss-reactive ketones (excluding diaryl/α,β-unsaturated/α-hetero) is 1. The normalized spacial score (nSPS) is 10.7. The lowest BCUT2D eigenvalue weighted by atomic mass is 10.0. The van der Waals surface area contributed by atoms with Gasteiger partial charge < -0.3 is 4.42 Å². The zero-order chi connectivity index (χ0) is 17.3. The molecule has 0 N–H and O–H groups in total. The summed E-state index contributed by atoms with van der Waals surface area (Å²) in [5, 5.41) is 0. The van der Waals surface area contributed by atoms with E-state index >= 15 is 0 Å². The molecule has 0 aliphatic heterocycles. The quantitative estimate of drug-likeness (QED) is 0.403. The van der Waals surface area contributed by atoms with Gasteiger partial charge in [0, 0.05) is 24.4 Å². The number of oxazole rings is 1. The molecule has 0 aliphatic carbocycles. The Kier molecular flexibility index (Phi) is 6.10. The van der Waals surface area contributed by atoms with E-state index in [1.807, 2.05) is 18.2 Å². The molecule has 4 nitrogen and oxygen atoms in total. The molecular formula is C21H22N2O2. The van der Waals surface area contributed by atoms with Crippen LogP contribution in [0.4, 0.5) is 0 Å². The highest BCUT2D eigenvalue weighted by molar-refractivity contribution is 5.92. The van der Waals surface area contributed by atoms with Crippen LogP contribution in [-0.2, 0) is 6.42 Å². The second-order valence-corrected chi connectivity index (χ2v) is 6.10. The molecule has 0 bridgehead atoms. The van der Waals surface area contributed by atoms with Crippen LogP contribution in [0, 0.1) is 0 Å². The van der Waals surface area contributed by atoms with Gasteiger partial charge in [-0.05, 0) is 37.0 Å². The number of unbranched alkanes of at least 4 members (excludes halogenated alkanes) is 3. The van der Waals surface area contributed by atoms with Crippen LogP contribution in [-0.4, -0.2) is 15.8 Å². The summed E-state index contributed by atoms with van der Waals surface area (Å²) in [4.78, 5) is 20.4. The second-order valence-electron chi connectivity index (χ2n) is 6.10. The van der Waals surface area contributed by atoms with Crippen LogP contribution in [0.25, 0.3) is 11.3 Å². The number of hydrogen-bond acceptors (Lipinski definition) is 4. The SMILES string of the molecule is O=C(CCCCCCc1ccccc1)c1nc(-c2ccncc2)co1. The Hall–Kier alpha value is -2.75. The van der Waals surface area contributed by atoms with Crippen molar-refractivity contribution in [3.63, 3.8) is 0 Å². The van der Waals surface area contributed by atoms with Crippen molar-refractivity contribution in [2.24, 2.45) is 0 Å². The van der Waals surface area contributed by atoms with E-state index in [4.69, 9.17) is 4.42 Å². The smallest absolute Gasteiger partial charge is 0.263 e. The van der Waals surface area contributed by atoms with Gasteiger partial charge in [-0.15, -0.1) is 0 Å². The number of pyridine rings is 1. The Bertz CT molecular complexity index is 782. The third kappa shape index (κ3) is 5.11. The third-order valence-electron chi connectivity index (χ3n) is 4.18. The summed E-state index contributed by atoms with van der Waals surface area (Å²) < 4.78 is 5.34. The Morgan fingerprint density at radius 3 is 2.48 bits per heavy atom. The Morgan fingerprint density at radius 1 is 0.920 bits per heavy atom. The molecule has 3 aromatic rings. The largest absolute Gasteiger partial charge is 0.442 e. The van der Waals surface area contributed by atoms with E-state index in [1.54, 1.807) is 12.4 Å². The van der Waals surface area contributed by atoms with Gasteiger partial charge >= 0.3 is 0 Å². The molecule has 0 fully saturated rings. The maximum absolute atomic E-state index is 12.2. The fraction of sp³-hybridized carbons (Fsp3) is 0.286. The van der Waals surface area contributed by atoms with Crippen LogP contribution in [0.15, 0.2) is 65.5 Å². The maximum Gasteiger partial charge on any atom is 0.263 e. The lowest BCUT2D eigenvalue weighted by Gasteiger charge is -2.01. The van der Waals surface area contributed by atoms with Gasteiger partial charge in [0.2, 0.25) is 5.78 Å². The van der Waals surface area contributed by atoms with Crippen molar-refractivity contribution in [2.45, 2.75) is 38.5 Å². The minimum atomic E-state index is -0.0247. The first-order valence-electron chi connectivity index (χ1n) is 8.76. The average Bonchev–Trinajstić information content (AvgIpc) is 3.16. The third-order valence-corrected chi connectivity index (χ3v) is 4.18. The lowest BCUT2D eigenvalue weighted by molar-refractivity contribution is 0.0945. The number of rotatable bonds is 9. The second kappa shape index (κ2) is 8.92. The summed E-state index contributed by atoms with van der Waals surface area (Å²) in [5.74, 6) is 0.180. The first-order valence-corrected chi connectivity index (χ1v) is 8.76. The molecule has 0 saturated carbocycles. The van der Waals surface area contributed by atoms with Crippen molar-refractivity contribution in [3.05, 3.63) is 72.6 Å². The fourth-order valence-electron chi connectivity index (χ4n) is 2.78. The molecular weight excluding hydrogens is 312 g/mol. The van der Waals surface area contributed by atoms with Crippen molar-refractivity contribution < 1.29 is 9.21 Å². The van der Waals surface area contributed by atoms with Gasteiger partial charge in [0.05, 0.1) is 0 Å². The number of aryl methyl sites for hydroxylation is 1. The van der Waals surface area contributed by atoms with Crippen molar-refractivity contribution in [1.82, 2.24) is 9.97 Å². The predicted molar refractivity (Wildman–Crippen MR) is 97.3 cm³/mol. The van der Waals surface area contributed by atoms with Crippen molar-refractivity contribution in [1.29, 1.82) is 0 Å². The van der Waals surface area contributed by atoms with Gasteiger partial charge in [-0.25, -0.2) is 4.98 Å². The molecule has 0 radical (unpaired) electrons. The highest BCUT2D eigenvalue weighted by Gasteiger charge is 2.13. The summed E-state index contributed by atoms with van der Waals surface area (Å²) in [6.45, 7) is 0.